The van der Waals surface area contributed by atoms with Crippen LogP contribution in [0.3, 0.4) is 0 Å². The molecule has 0 aromatic carbocycles. The maximum Gasteiger partial charge on any atom is 0.166 e. The summed E-state index contributed by atoms with van der Waals surface area (Å²) in [6, 6.07) is 0. The van der Waals surface area contributed by atoms with E-state index < -0.39 is 0 Å². The number of hydrogen-bond donors (Lipinski definition) is 0. The molecule has 0 N–H and O–H groups in total. The molecule has 1 atom stereocenters. The molecule has 2 aliphatic rings. The van der Waals surface area contributed by atoms with Gasteiger partial charge in [-0.3, -0.25) is 4.79 Å². The van der Waals surface area contributed by atoms with Crippen molar-refractivity contribution < 1.29 is 14.3 Å². The van der Waals surface area contributed by atoms with Crippen molar-refractivity contribution in [1.29, 1.82) is 0 Å². The van der Waals surface area contributed by atoms with Gasteiger partial charge in [-0.2, -0.15) is 0 Å². The molecular formula is C11H14O3. The van der Waals surface area contributed by atoms with E-state index in [1.165, 1.54) is 5.57 Å². The third-order valence-electron chi connectivity index (χ3n) is 2.84. The molecule has 2 aliphatic carbocycles. The molecule has 0 aromatic rings. The maximum atomic E-state index is 11.6. The minimum Gasteiger partial charge on any atom is -0.496 e. The van der Waals surface area contributed by atoms with Crippen molar-refractivity contribution in [2.24, 2.45) is 0 Å². The van der Waals surface area contributed by atoms with Gasteiger partial charge in [-0.1, -0.05) is 5.57 Å². The van der Waals surface area contributed by atoms with Gasteiger partial charge in [-0.05, 0) is 18.9 Å². The molecule has 0 spiro atoms. The minimum atomic E-state index is 0.0644. The van der Waals surface area contributed by atoms with Crippen molar-refractivity contribution in [3.05, 3.63) is 23.0 Å². The van der Waals surface area contributed by atoms with Crippen LogP contribution in [0.4, 0.5) is 0 Å². The summed E-state index contributed by atoms with van der Waals surface area (Å²) in [6.45, 7) is 0. The second-order valence-electron chi connectivity index (χ2n) is 3.62. The first-order chi connectivity index (χ1) is 6.76. The molecule has 0 saturated heterocycles. The van der Waals surface area contributed by atoms with Gasteiger partial charge in [-0.15, -0.1) is 0 Å². The number of hydrogen-bond acceptors (Lipinski definition) is 3. The first-order valence-electron chi connectivity index (χ1n) is 4.80. The van der Waals surface area contributed by atoms with Crippen LogP contribution in [0.15, 0.2) is 23.0 Å². The summed E-state index contributed by atoms with van der Waals surface area (Å²) in [5, 5.41) is 0. The van der Waals surface area contributed by atoms with E-state index in [4.69, 9.17) is 9.47 Å². The summed E-state index contributed by atoms with van der Waals surface area (Å²) in [7, 11) is 3.27. The Morgan fingerprint density at radius 3 is 2.79 bits per heavy atom. The molecule has 0 amide bonds. The third-order valence-corrected chi connectivity index (χ3v) is 2.84. The first-order valence-corrected chi connectivity index (χ1v) is 4.80. The highest BCUT2D eigenvalue weighted by molar-refractivity contribution is 6.02. The van der Waals surface area contributed by atoms with Crippen LogP contribution in [0, 0.1) is 0 Å². The van der Waals surface area contributed by atoms with Crippen molar-refractivity contribution in [3.63, 3.8) is 0 Å². The lowest BCUT2D eigenvalue weighted by atomic mass is 9.96. The van der Waals surface area contributed by atoms with Crippen LogP contribution in [0.1, 0.15) is 19.3 Å². The molecular weight excluding hydrogens is 180 g/mol. The van der Waals surface area contributed by atoms with Crippen LogP contribution < -0.4 is 0 Å². The average Bonchev–Trinajstić information content (AvgIpc) is 2.59. The topological polar surface area (TPSA) is 35.5 Å². The largest absolute Gasteiger partial charge is 0.496 e. The van der Waals surface area contributed by atoms with Crippen molar-refractivity contribution in [3.8, 4) is 0 Å². The summed E-state index contributed by atoms with van der Waals surface area (Å²) in [4.78, 5) is 11.6. The molecule has 3 heteroatoms. The first kappa shape index (κ1) is 9.46. The summed E-state index contributed by atoms with van der Waals surface area (Å²) in [6.07, 6.45) is 4.29. The highest BCUT2D eigenvalue weighted by Gasteiger charge is 2.31. The summed E-state index contributed by atoms with van der Waals surface area (Å²) < 4.78 is 10.5. The number of rotatable bonds is 2. The number of ketones is 1. The number of carbonyl (C=O) groups excluding carboxylic acids is 1. The standard InChI is InChI=1S/C11H14O3/c1-13-8-5-7-3-4-9(12)11(7)10(6-8)14-2/h6,8H,3-5H2,1-2H3. The molecule has 1 unspecified atom stereocenters. The van der Waals surface area contributed by atoms with Crippen molar-refractivity contribution in [1.82, 2.24) is 0 Å². The van der Waals surface area contributed by atoms with E-state index in [1.54, 1.807) is 14.2 Å². The fourth-order valence-corrected chi connectivity index (χ4v) is 2.10. The van der Waals surface area contributed by atoms with E-state index in [9.17, 15) is 4.79 Å². The van der Waals surface area contributed by atoms with Gasteiger partial charge in [0.15, 0.2) is 5.78 Å². The molecule has 3 nitrogen and oxygen atoms in total. The zero-order chi connectivity index (χ0) is 10.1. The quantitative estimate of drug-likeness (QED) is 0.669. The van der Waals surface area contributed by atoms with Gasteiger partial charge < -0.3 is 9.47 Å². The monoisotopic (exact) mass is 194 g/mol. The lowest BCUT2D eigenvalue weighted by molar-refractivity contribution is -0.114. The van der Waals surface area contributed by atoms with Crippen molar-refractivity contribution in [2.45, 2.75) is 25.4 Å². The van der Waals surface area contributed by atoms with Gasteiger partial charge in [0.2, 0.25) is 0 Å². The van der Waals surface area contributed by atoms with Crippen LogP contribution in [0.25, 0.3) is 0 Å². The zero-order valence-corrected chi connectivity index (χ0v) is 8.50. The predicted octanol–water partition coefficient (Wildman–Crippen LogP) is 1.59. The summed E-state index contributed by atoms with van der Waals surface area (Å²) >= 11 is 0. The maximum absolute atomic E-state index is 11.6. The molecule has 0 aliphatic heterocycles. The van der Waals surface area contributed by atoms with Gasteiger partial charge >= 0.3 is 0 Å². The minimum absolute atomic E-state index is 0.0644. The molecule has 14 heavy (non-hydrogen) atoms. The lowest BCUT2D eigenvalue weighted by Crippen LogP contribution is -2.16. The molecule has 76 valence electrons. The van der Waals surface area contributed by atoms with Gasteiger partial charge in [0, 0.05) is 13.5 Å². The zero-order valence-electron chi connectivity index (χ0n) is 8.50. The summed E-state index contributed by atoms with van der Waals surface area (Å²) in [5.41, 5.74) is 2.00. The van der Waals surface area contributed by atoms with Gasteiger partial charge in [-0.25, -0.2) is 0 Å². The van der Waals surface area contributed by atoms with Gasteiger partial charge in [0.05, 0.1) is 18.8 Å². The van der Waals surface area contributed by atoms with Crippen LogP contribution >= 0.6 is 0 Å². The Balaban J connectivity index is 2.33. The van der Waals surface area contributed by atoms with E-state index >= 15 is 0 Å². The smallest absolute Gasteiger partial charge is 0.166 e. The molecule has 0 aromatic heterocycles. The SMILES string of the molecule is COC1=CC(OC)CC2=C1C(=O)CC2. The summed E-state index contributed by atoms with van der Waals surface area (Å²) in [5.74, 6) is 0.906. The highest BCUT2D eigenvalue weighted by atomic mass is 16.5. The second kappa shape index (κ2) is 3.58. The Kier molecular flexibility index (Phi) is 2.42. The number of Topliss-reactive ketones (excluding diaryl/α,β-unsaturated/α-hetero) is 1. The Bertz CT molecular complexity index is 325. The van der Waals surface area contributed by atoms with Gasteiger partial charge in [0.25, 0.3) is 0 Å². The fourth-order valence-electron chi connectivity index (χ4n) is 2.10. The number of methoxy groups -OCH3 is 2. The third kappa shape index (κ3) is 1.38. The van der Waals surface area contributed by atoms with Crippen molar-refractivity contribution in [2.75, 3.05) is 14.2 Å². The Morgan fingerprint density at radius 1 is 1.36 bits per heavy atom. The molecule has 2 rings (SSSR count). The highest BCUT2D eigenvalue weighted by Crippen LogP contribution is 2.36. The van der Waals surface area contributed by atoms with E-state index in [0.29, 0.717) is 12.2 Å². The van der Waals surface area contributed by atoms with Crippen molar-refractivity contribution >= 4 is 5.78 Å². The Morgan fingerprint density at radius 2 is 2.14 bits per heavy atom. The Labute approximate surface area is 83.4 Å². The van der Waals surface area contributed by atoms with E-state index in [1.807, 2.05) is 6.08 Å². The number of allylic oxidation sites excluding steroid dienone is 1. The lowest BCUT2D eigenvalue weighted by Gasteiger charge is -2.20. The van der Waals surface area contributed by atoms with Crippen LogP contribution in [0.5, 0.6) is 0 Å². The molecule has 0 heterocycles. The van der Waals surface area contributed by atoms with E-state index in [-0.39, 0.29) is 11.9 Å². The molecule has 0 fully saturated rings. The van der Waals surface area contributed by atoms with Crippen LogP contribution in [0.2, 0.25) is 0 Å². The predicted molar refractivity (Wildman–Crippen MR) is 51.8 cm³/mol. The van der Waals surface area contributed by atoms with Crippen LogP contribution in [-0.4, -0.2) is 26.1 Å². The number of ether oxygens (including phenoxy) is 2. The molecule has 0 saturated carbocycles. The number of carbonyl (C=O) groups is 1. The van der Waals surface area contributed by atoms with Gasteiger partial charge in [0.1, 0.15) is 5.76 Å². The van der Waals surface area contributed by atoms with Crippen LogP contribution in [-0.2, 0) is 14.3 Å². The Hall–Kier alpha value is -1.09. The normalized spacial score (nSPS) is 26.3. The fraction of sp³-hybridized carbons (Fsp3) is 0.545. The second-order valence-corrected chi connectivity index (χ2v) is 3.62. The molecule has 0 radical (unpaired) electrons. The average molecular weight is 194 g/mol. The van der Waals surface area contributed by atoms with E-state index in [2.05, 4.69) is 0 Å². The van der Waals surface area contributed by atoms with E-state index in [0.717, 1.165) is 18.4 Å². The molecule has 0 bridgehead atoms.